The number of likely N-dealkylation sites (N-methyl/N-ethyl adjacent to an activating group) is 1. The topological polar surface area (TPSA) is 81.8 Å². The number of rotatable bonds is 2. The monoisotopic (exact) mass is 358 g/mol. The van der Waals surface area contributed by atoms with Crippen molar-refractivity contribution in [3.63, 3.8) is 0 Å². The Kier molecular flexibility index (Phi) is 3.55. The highest BCUT2D eigenvalue weighted by atomic mass is 32.1. The van der Waals surface area contributed by atoms with Gasteiger partial charge in [0.25, 0.3) is 11.8 Å². The minimum Gasteiger partial charge on any atom is -0.354 e. The number of amides is 3. The van der Waals surface area contributed by atoms with Crippen LogP contribution < -0.4 is 10.6 Å². The Labute approximate surface area is 148 Å². The maximum atomic E-state index is 13.1. The number of nitrogens with zero attached hydrogens (tertiary/aromatic N) is 2. The van der Waals surface area contributed by atoms with Gasteiger partial charge in [0.05, 0.1) is 25.3 Å². The molecule has 0 unspecified atom stereocenters. The summed E-state index contributed by atoms with van der Waals surface area (Å²) in [6.45, 7) is 1.17. The van der Waals surface area contributed by atoms with Gasteiger partial charge >= 0.3 is 0 Å². The Morgan fingerprint density at radius 3 is 2.64 bits per heavy atom. The van der Waals surface area contributed by atoms with Crippen LogP contribution in [0.4, 0.5) is 0 Å². The molecule has 0 radical (unpaired) electrons. The Hall–Kier alpha value is -2.45. The molecule has 2 aromatic rings. The molecule has 1 spiro atoms. The van der Waals surface area contributed by atoms with Crippen LogP contribution in [0.5, 0.6) is 0 Å². The van der Waals surface area contributed by atoms with Crippen molar-refractivity contribution in [1.29, 1.82) is 0 Å². The molecule has 2 aliphatic heterocycles. The number of benzene rings is 1. The first-order valence-corrected chi connectivity index (χ1v) is 8.82. The second-order valence-corrected chi connectivity index (χ2v) is 7.49. The van der Waals surface area contributed by atoms with Crippen molar-refractivity contribution in [3.8, 4) is 0 Å². The molecule has 1 aromatic carbocycles. The predicted octanol–water partition coefficient (Wildman–Crippen LogP) is 0.475. The predicted molar refractivity (Wildman–Crippen MR) is 94.6 cm³/mol. The summed E-state index contributed by atoms with van der Waals surface area (Å²) in [4.78, 5) is 41.5. The van der Waals surface area contributed by atoms with Crippen molar-refractivity contribution in [1.82, 2.24) is 20.4 Å². The molecular weight excluding hydrogens is 340 g/mol. The standard InChI is InChI=1S/C17H18N4O3S/c1-18-14(22)13-12(10-5-3-4-6-11(10)25-13)15(23)21-7-17(8-21)16(24)19-9-20(17)2/h3-6H,7-9H2,1-2H3,(H,18,22)(H,19,24). The normalized spacial score (nSPS) is 19.1. The van der Waals surface area contributed by atoms with E-state index in [2.05, 4.69) is 10.6 Å². The van der Waals surface area contributed by atoms with Crippen LogP contribution in [0.3, 0.4) is 0 Å². The van der Waals surface area contributed by atoms with Crippen LogP contribution >= 0.6 is 11.3 Å². The lowest BCUT2D eigenvalue weighted by Gasteiger charge is -2.49. The van der Waals surface area contributed by atoms with E-state index in [0.29, 0.717) is 30.2 Å². The van der Waals surface area contributed by atoms with Gasteiger partial charge in [-0.2, -0.15) is 0 Å². The fourth-order valence-electron chi connectivity index (χ4n) is 3.48. The summed E-state index contributed by atoms with van der Waals surface area (Å²) >= 11 is 1.31. The van der Waals surface area contributed by atoms with Crippen LogP contribution in [0, 0.1) is 0 Å². The number of hydrogen-bond donors (Lipinski definition) is 2. The van der Waals surface area contributed by atoms with E-state index in [4.69, 9.17) is 0 Å². The van der Waals surface area contributed by atoms with E-state index in [1.807, 2.05) is 36.2 Å². The van der Waals surface area contributed by atoms with Gasteiger partial charge in [-0.25, -0.2) is 0 Å². The second kappa shape index (κ2) is 5.53. The average molecular weight is 358 g/mol. The van der Waals surface area contributed by atoms with Crippen LogP contribution in [0.25, 0.3) is 10.1 Å². The quantitative estimate of drug-likeness (QED) is 0.818. The zero-order valence-corrected chi connectivity index (χ0v) is 14.8. The minimum atomic E-state index is -0.630. The van der Waals surface area contributed by atoms with Gasteiger partial charge < -0.3 is 15.5 Å². The molecular formula is C17H18N4O3S. The molecule has 0 saturated carbocycles. The third-order valence-corrected chi connectivity index (χ3v) is 6.23. The highest BCUT2D eigenvalue weighted by molar-refractivity contribution is 7.21. The van der Waals surface area contributed by atoms with Crippen molar-refractivity contribution >= 4 is 39.1 Å². The summed E-state index contributed by atoms with van der Waals surface area (Å²) in [5.74, 6) is -0.508. The van der Waals surface area contributed by atoms with E-state index in [0.717, 1.165) is 10.1 Å². The van der Waals surface area contributed by atoms with Gasteiger partial charge in [0.15, 0.2) is 0 Å². The zero-order chi connectivity index (χ0) is 17.8. The van der Waals surface area contributed by atoms with Gasteiger partial charge in [-0.05, 0) is 13.1 Å². The third-order valence-electron chi connectivity index (χ3n) is 5.06. The number of hydrogen-bond acceptors (Lipinski definition) is 5. The average Bonchev–Trinajstić information content (AvgIpc) is 3.10. The van der Waals surface area contributed by atoms with E-state index >= 15 is 0 Å². The Balaban J connectivity index is 1.69. The number of carbonyl (C=O) groups excluding carboxylic acids is 3. The number of likely N-dealkylation sites (tertiary alicyclic amines) is 1. The number of thiophene rings is 1. The molecule has 4 rings (SSSR count). The van der Waals surface area contributed by atoms with E-state index in [1.165, 1.54) is 11.3 Å². The van der Waals surface area contributed by atoms with Crippen LogP contribution in [-0.2, 0) is 4.79 Å². The van der Waals surface area contributed by atoms with E-state index in [9.17, 15) is 14.4 Å². The van der Waals surface area contributed by atoms with Crippen LogP contribution in [0.2, 0.25) is 0 Å². The van der Waals surface area contributed by atoms with E-state index in [1.54, 1.807) is 11.9 Å². The summed E-state index contributed by atoms with van der Waals surface area (Å²) in [5.41, 5.74) is -0.204. The minimum absolute atomic E-state index is 0.0410. The summed E-state index contributed by atoms with van der Waals surface area (Å²) in [6, 6.07) is 7.50. The first-order chi connectivity index (χ1) is 12.0. The maximum Gasteiger partial charge on any atom is 0.261 e. The highest BCUT2D eigenvalue weighted by Crippen LogP contribution is 2.36. The third kappa shape index (κ3) is 2.17. The largest absolute Gasteiger partial charge is 0.354 e. The van der Waals surface area contributed by atoms with Crippen LogP contribution in [-0.4, -0.2) is 66.9 Å². The molecule has 0 aliphatic carbocycles. The zero-order valence-electron chi connectivity index (χ0n) is 14.0. The molecule has 25 heavy (non-hydrogen) atoms. The van der Waals surface area contributed by atoms with E-state index < -0.39 is 5.54 Å². The first-order valence-electron chi connectivity index (χ1n) is 8.00. The molecule has 2 saturated heterocycles. The highest BCUT2D eigenvalue weighted by Gasteiger charge is 2.57. The summed E-state index contributed by atoms with van der Waals surface area (Å²) in [6.07, 6.45) is 0. The van der Waals surface area contributed by atoms with Crippen molar-refractivity contribution in [2.75, 3.05) is 33.9 Å². The lowest BCUT2D eigenvalue weighted by Crippen LogP contribution is -2.71. The van der Waals surface area contributed by atoms with Gasteiger partial charge in [0.2, 0.25) is 5.91 Å². The van der Waals surface area contributed by atoms with Crippen molar-refractivity contribution in [2.24, 2.45) is 0 Å². The van der Waals surface area contributed by atoms with Gasteiger partial charge in [0.1, 0.15) is 10.4 Å². The molecule has 3 heterocycles. The molecule has 3 amide bonds. The fraction of sp³-hybridized carbons (Fsp3) is 0.353. The molecule has 1 aromatic heterocycles. The summed E-state index contributed by atoms with van der Waals surface area (Å²) in [5, 5.41) is 6.19. The molecule has 2 fully saturated rings. The molecule has 8 heteroatoms. The second-order valence-electron chi connectivity index (χ2n) is 6.44. The summed E-state index contributed by atoms with van der Waals surface area (Å²) < 4.78 is 0.899. The molecule has 7 nitrogen and oxygen atoms in total. The summed E-state index contributed by atoms with van der Waals surface area (Å²) in [7, 11) is 3.42. The van der Waals surface area contributed by atoms with Crippen LogP contribution in [0.15, 0.2) is 24.3 Å². The van der Waals surface area contributed by atoms with E-state index in [-0.39, 0.29) is 17.7 Å². The van der Waals surface area contributed by atoms with Gasteiger partial charge in [-0.15, -0.1) is 11.3 Å². The Bertz CT molecular complexity index is 900. The number of nitrogens with one attached hydrogen (secondary N) is 2. The van der Waals surface area contributed by atoms with Crippen LogP contribution in [0.1, 0.15) is 20.0 Å². The molecule has 0 atom stereocenters. The SMILES string of the molecule is CNC(=O)c1sc2ccccc2c1C(=O)N1CC2(C1)C(=O)NCN2C. The molecule has 2 aliphatic rings. The fourth-order valence-corrected chi connectivity index (χ4v) is 4.62. The maximum absolute atomic E-state index is 13.1. The lowest BCUT2D eigenvalue weighted by molar-refractivity contribution is -0.133. The van der Waals surface area contributed by atoms with Gasteiger partial charge in [0, 0.05) is 17.1 Å². The van der Waals surface area contributed by atoms with Crippen molar-refractivity contribution < 1.29 is 14.4 Å². The van der Waals surface area contributed by atoms with Crippen molar-refractivity contribution in [3.05, 3.63) is 34.7 Å². The molecule has 130 valence electrons. The Morgan fingerprint density at radius 2 is 2.00 bits per heavy atom. The number of carbonyl (C=O) groups is 3. The number of fused-ring (bicyclic) bond motifs is 1. The Morgan fingerprint density at radius 1 is 1.28 bits per heavy atom. The molecule has 0 bridgehead atoms. The van der Waals surface area contributed by atoms with Crippen molar-refractivity contribution in [2.45, 2.75) is 5.54 Å². The van der Waals surface area contributed by atoms with Gasteiger partial charge in [-0.1, -0.05) is 18.2 Å². The molecule has 2 N–H and O–H groups in total. The first kappa shape index (κ1) is 16.0. The smallest absolute Gasteiger partial charge is 0.261 e. The lowest BCUT2D eigenvalue weighted by atomic mass is 9.87. The van der Waals surface area contributed by atoms with Gasteiger partial charge in [-0.3, -0.25) is 19.3 Å².